The molecular formula is C13H10F4N4O4S. The highest BCUT2D eigenvalue weighted by Gasteiger charge is 2.38. The van der Waals surface area contributed by atoms with Crippen LogP contribution in [0.3, 0.4) is 0 Å². The Hall–Kier alpha value is -2.83. The second-order valence-corrected chi connectivity index (χ2v) is 6.97. The van der Waals surface area contributed by atoms with Crippen LogP contribution in [-0.4, -0.2) is 41.9 Å². The van der Waals surface area contributed by atoms with Gasteiger partial charge >= 0.3 is 16.4 Å². The topological polar surface area (TPSA) is 105 Å². The van der Waals surface area contributed by atoms with Crippen molar-refractivity contribution in [2.24, 2.45) is 0 Å². The van der Waals surface area contributed by atoms with E-state index in [-0.39, 0.29) is 11.1 Å². The number of nitrogens with one attached hydrogen (secondary N) is 1. The number of hydrogen-bond acceptors (Lipinski definition) is 5. The first kappa shape index (κ1) is 18.0. The quantitative estimate of drug-likeness (QED) is 0.760. The summed E-state index contributed by atoms with van der Waals surface area (Å²) >= 11 is 0. The van der Waals surface area contributed by atoms with E-state index < -0.39 is 52.6 Å². The fourth-order valence-electron chi connectivity index (χ4n) is 2.43. The number of alkyl halides is 3. The van der Waals surface area contributed by atoms with Crippen LogP contribution in [0.5, 0.6) is 5.75 Å². The van der Waals surface area contributed by atoms with Gasteiger partial charge in [-0.05, 0) is 12.1 Å². The van der Waals surface area contributed by atoms with Gasteiger partial charge in [-0.25, -0.2) is 13.4 Å². The van der Waals surface area contributed by atoms with E-state index in [2.05, 4.69) is 5.10 Å². The van der Waals surface area contributed by atoms with Crippen molar-refractivity contribution in [1.29, 1.82) is 0 Å². The Kier molecular flexibility index (Phi) is 4.05. The van der Waals surface area contributed by atoms with Crippen LogP contribution in [0.4, 0.5) is 23.2 Å². The van der Waals surface area contributed by atoms with Gasteiger partial charge in [0.25, 0.3) is 5.91 Å². The van der Waals surface area contributed by atoms with E-state index in [0.29, 0.717) is 8.99 Å². The minimum absolute atomic E-state index is 0.0659. The van der Waals surface area contributed by atoms with Crippen LogP contribution in [0.1, 0.15) is 0 Å². The zero-order chi connectivity index (χ0) is 19.3. The van der Waals surface area contributed by atoms with Crippen molar-refractivity contribution in [3.8, 4) is 16.9 Å². The predicted octanol–water partition coefficient (Wildman–Crippen LogP) is 1.14. The molecule has 1 aliphatic heterocycles. The Labute approximate surface area is 143 Å². The van der Waals surface area contributed by atoms with Crippen molar-refractivity contribution in [2.45, 2.75) is 12.7 Å². The van der Waals surface area contributed by atoms with Crippen molar-refractivity contribution in [3.05, 3.63) is 30.3 Å². The van der Waals surface area contributed by atoms with Crippen LogP contribution in [0.2, 0.25) is 0 Å². The Morgan fingerprint density at radius 2 is 2.00 bits per heavy atom. The van der Waals surface area contributed by atoms with Gasteiger partial charge in [-0.2, -0.15) is 26.7 Å². The summed E-state index contributed by atoms with van der Waals surface area (Å²) in [4.78, 5) is 11.3. The molecule has 1 amide bonds. The molecule has 0 unspecified atom stereocenters. The molecule has 140 valence electrons. The Bertz CT molecular complexity index is 987. The molecule has 0 spiro atoms. The normalized spacial score (nSPS) is 16.8. The number of halogens is 4. The van der Waals surface area contributed by atoms with Gasteiger partial charge in [0, 0.05) is 17.3 Å². The first-order chi connectivity index (χ1) is 12.0. The lowest BCUT2D eigenvalue weighted by Crippen LogP contribution is -2.30. The Morgan fingerprint density at radius 3 is 2.58 bits per heavy atom. The summed E-state index contributed by atoms with van der Waals surface area (Å²) in [5.74, 6) is -2.90. The van der Waals surface area contributed by atoms with Crippen LogP contribution in [-0.2, 0) is 21.5 Å². The van der Waals surface area contributed by atoms with Crippen LogP contribution in [0.15, 0.2) is 24.5 Å². The fourth-order valence-corrected chi connectivity index (χ4v) is 3.60. The number of hydrogen-bond donors (Lipinski definition) is 2. The molecule has 1 saturated heterocycles. The van der Waals surface area contributed by atoms with Crippen LogP contribution in [0.25, 0.3) is 11.1 Å². The number of phenolic OH excluding ortho intramolecular Hbond substituents is 1. The van der Waals surface area contributed by atoms with E-state index in [1.54, 1.807) is 4.72 Å². The number of nitrogens with zero attached hydrogens (tertiary/aromatic N) is 3. The lowest BCUT2D eigenvalue weighted by molar-refractivity contribution is -0.142. The maximum Gasteiger partial charge on any atom is 0.408 e. The molecule has 26 heavy (non-hydrogen) atoms. The summed E-state index contributed by atoms with van der Waals surface area (Å²) in [7, 11) is -4.39. The van der Waals surface area contributed by atoms with E-state index in [4.69, 9.17) is 0 Å². The Morgan fingerprint density at radius 1 is 1.31 bits per heavy atom. The standard InChI is InChI=1S/C13H10F4N4O4S/c14-11-8(7-3-18-20(4-7)6-13(15,16)17)1-2-9(22)12(11)21-5-10(23)19-26(21,24)25/h1-4,22H,5-6H2,(H,19,23). The average Bonchev–Trinajstić information content (AvgIpc) is 3.01. The number of amides is 1. The molecule has 3 rings (SSSR count). The number of aromatic hydroxyl groups is 1. The van der Waals surface area contributed by atoms with Crippen molar-refractivity contribution in [1.82, 2.24) is 14.5 Å². The van der Waals surface area contributed by atoms with Gasteiger partial charge in [0.1, 0.15) is 24.5 Å². The van der Waals surface area contributed by atoms with Gasteiger partial charge in [-0.15, -0.1) is 0 Å². The van der Waals surface area contributed by atoms with Crippen molar-refractivity contribution < 1.29 is 35.9 Å². The third-order valence-corrected chi connectivity index (χ3v) is 4.83. The number of carbonyl (C=O) groups excluding carboxylic acids is 1. The molecule has 0 aliphatic carbocycles. The zero-order valence-corrected chi connectivity index (χ0v) is 13.5. The molecular weight excluding hydrogens is 384 g/mol. The summed E-state index contributed by atoms with van der Waals surface area (Å²) < 4.78 is 78.2. The number of benzene rings is 1. The Balaban J connectivity index is 2.05. The predicted molar refractivity (Wildman–Crippen MR) is 79.7 cm³/mol. The van der Waals surface area contributed by atoms with Crippen LogP contribution >= 0.6 is 0 Å². The lowest BCUT2D eigenvalue weighted by Gasteiger charge is -2.18. The second-order valence-electron chi connectivity index (χ2n) is 5.37. The van der Waals surface area contributed by atoms with Gasteiger partial charge in [0.15, 0.2) is 5.82 Å². The van der Waals surface area contributed by atoms with E-state index in [1.165, 1.54) is 0 Å². The number of aromatic nitrogens is 2. The SMILES string of the molecule is O=C1CN(c2c(O)ccc(-c3cnn(CC(F)(F)F)c3)c2F)S(=O)(=O)N1. The largest absolute Gasteiger partial charge is 0.506 e. The highest BCUT2D eigenvalue weighted by Crippen LogP contribution is 2.38. The molecule has 1 fully saturated rings. The van der Waals surface area contributed by atoms with E-state index in [1.807, 2.05) is 0 Å². The smallest absolute Gasteiger partial charge is 0.408 e. The number of rotatable bonds is 3. The molecule has 13 heteroatoms. The third-order valence-electron chi connectivity index (χ3n) is 3.45. The van der Waals surface area contributed by atoms with Crippen LogP contribution in [0, 0.1) is 5.82 Å². The zero-order valence-electron chi connectivity index (χ0n) is 12.7. The lowest BCUT2D eigenvalue weighted by atomic mass is 10.1. The summed E-state index contributed by atoms with van der Waals surface area (Å²) in [5.41, 5.74) is -1.14. The number of anilines is 1. The first-order valence-electron chi connectivity index (χ1n) is 6.92. The molecule has 2 heterocycles. The average molecular weight is 394 g/mol. The van der Waals surface area contributed by atoms with Gasteiger partial charge in [-0.1, -0.05) is 0 Å². The highest BCUT2D eigenvalue weighted by atomic mass is 32.2. The van der Waals surface area contributed by atoms with Crippen molar-refractivity contribution in [2.75, 3.05) is 10.8 Å². The van der Waals surface area contributed by atoms with Crippen LogP contribution < -0.4 is 9.03 Å². The first-order valence-corrected chi connectivity index (χ1v) is 8.36. The maximum atomic E-state index is 14.8. The minimum atomic E-state index is -4.53. The number of phenols is 1. The van der Waals surface area contributed by atoms with Gasteiger partial charge in [0.2, 0.25) is 0 Å². The minimum Gasteiger partial charge on any atom is -0.506 e. The monoisotopic (exact) mass is 394 g/mol. The molecule has 2 N–H and O–H groups in total. The fraction of sp³-hybridized carbons (Fsp3) is 0.231. The molecule has 1 aromatic heterocycles. The molecule has 0 atom stereocenters. The second kappa shape index (κ2) is 5.86. The van der Waals surface area contributed by atoms with Crippen molar-refractivity contribution >= 4 is 21.8 Å². The number of carbonyl (C=O) groups is 1. The van der Waals surface area contributed by atoms with Crippen molar-refractivity contribution in [3.63, 3.8) is 0 Å². The maximum absolute atomic E-state index is 14.8. The van der Waals surface area contributed by atoms with E-state index in [0.717, 1.165) is 24.5 Å². The summed E-state index contributed by atoms with van der Waals surface area (Å²) in [6.07, 6.45) is -2.64. The molecule has 0 bridgehead atoms. The molecule has 1 aliphatic rings. The highest BCUT2D eigenvalue weighted by molar-refractivity contribution is 7.92. The summed E-state index contributed by atoms with van der Waals surface area (Å²) in [6.45, 7) is -2.14. The molecule has 8 nitrogen and oxygen atoms in total. The summed E-state index contributed by atoms with van der Waals surface area (Å²) in [5, 5.41) is 13.3. The molecule has 1 aromatic carbocycles. The molecule has 0 saturated carbocycles. The van der Waals surface area contributed by atoms with E-state index >= 15 is 0 Å². The van der Waals surface area contributed by atoms with Gasteiger partial charge in [-0.3, -0.25) is 9.48 Å². The summed E-state index contributed by atoms with van der Waals surface area (Å²) in [6, 6.07) is 2.02. The van der Waals surface area contributed by atoms with E-state index in [9.17, 15) is 35.9 Å². The molecule has 0 radical (unpaired) electrons. The van der Waals surface area contributed by atoms with Gasteiger partial charge in [0.05, 0.1) is 6.20 Å². The third kappa shape index (κ3) is 3.29. The molecule has 2 aromatic rings. The van der Waals surface area contributed by atoms with Gasteiger partial charge < -0.3 is 5.11 Å².